The van der Waals surface area contributed by atoms with E-state index in [1.165, 1.54) is 11.9 Å². The highest BCUT2D eigenvalue weighted by Gasteiger charge is 2.28. The average molecular weight is 379 g/mol. The highest BCUT2D eigenvalue weighted by Crippen LogP contribution is 2.34. The molecule has 1 saturated heterocycles. The molecule has 0 atom stereocenters. The van der Waals surface area contributed by atoms with Gasteiger partial charge in [-0.15, -0.1) is 0 Å². The van der Waals surface area contributed by atoms with Crippen molar-refractivity contribution >= 4 is 22.8 Å². The zero-order valence-corrected chi connectivity index (χ0v) is 16.5. The van der Waals surface area contributed by atoms with E-state index in [0.717, 1.165) is 48.4 Å². The molecule has 0 aliphatic carbocycles. The van der Waals surface area contributed by atoms with Gasteiger partial charge in [-0.25, -0.2) is 4.98 Å². The number of hydrogen-bond acceptors (Lipinski definition) is 6. The molecule has 1 aliphatic rings. The first-order chi connectivity index (χ1) is 13.5. The van der Waals surface area contributed by atoms with Gasteiger partial charge in [0.15, 0.2) is 0 Å². The Labute approximate surface area is 164 Å². The summed E-state index contributed by atoms with van der Waals surface area (Å²) in [5.41, 5.74) is 3.41. The fraction of sp³-hybridized carbons (Fsp3) is 0.429. The Morgan fingerprint density at radius 2 is 1.89 bits per heavy atom. The van der Waals surface area contributed by atoms with E-state index in [9.17, 15) is 4.79 Å². The third-order valence-corrected chi connectivity index (χ3v) is 5.17. The summed E-state index contributed by atoms with van der Waals surface area (Å²) in [5, 5.41) is 8.11. The van der Waals surface area contributed by atoms with Gasteiger partial charge in [-0.2, -0.15) is 4.98 Å². The van der Waals surface area contributed by atoms with Gasteiger partial charge >= 0.3 is 0 Å². The summed E-state index contributed by atoms with van der Waals surface area (Å²) in [5.74, 6) is 1.02. The fourth-order valence-corrected chi connectivity index (χ4v) is 3.68. The lowest BCUT2D eigenvalue weighted by molar-refractivity contribution is -0.126. The molecular weight excluding hydrogens is 354 g/mol. The van der Waals surface area contributed by atoms with Crippen molar-refractivity contribution in [1.29, 1.82) is 0 Å². The summed E-state index contributed by atoms with van der Waals surface area (Å²) < 4.78 is 5.48. The first kappa shape index (κ1) is 18.4. The number of benzene rings is 1. The number of hydrogen-bond donors (Lipinski definition) is 1. The summed E-state index contributed by atoms with van der Waals surface area (Å²) in [6.07, 6.45) is 3.11. The van der Waals surface area contributed by atoms with Crippen LogP contribution in [0.3, 0.4) is 0 Å². The Morgan fingerprint density at radius 3 is 2.57 bits per heavy atom. The monoisotopic (exact) mass is 379 g/mol. The molecule has 2 aromatic heterocycles. The van der Waals surface area contributed by atoms with E-state index in [1.807, 2.05) is 26.0 Å². The molecular formula is C21H25N5O2. The minimum absolute atomic E-state index is 0.0509. The molecule has 0 saturated carbocycles. The summed E-state index contributed by atoms with van der Waals surface area (Å²) >= 11 is 0. The van der Waals surface area contributed by atoms with Crippen molar-refractivity contribution in [2.24, 2.45) is 5.92 Å². The van der Waals surface area contributed by atoms with Crippen molar-refractivity contribution in [3.63, 3.8) is 0 Å². The van der Waals surface area contributed by atoms with E-state index >= 15 is 0 Å². The topological polar surface area (TPSA) is 84.2 Å². The van der Waals surface area contributed by atoms with Gasteiger partial charge in [-0.05, 0) is 33.6 Å². The zero-order chi connectivity index (χ0) is 19.7. The van der Waals surface area contributed by atoms with Crippen LogP contribution in [0.15, 0.2) is 35.1 Å². The number of aromatic nitrogens is 3. The van der Waals surface area contributed by atoms with Crippen LogP contribution in [0.4, 0.5) is 5.82 Å². The first-order valence-electron chi connectivity index (χ1n) is 9.75. The maximum Gasteiger partial charge on any atom is 0.263 e. The number of nitrogens with zero attached hydrogens (tertiary/aromatic N) is 4. The van der Waals surface area contributed by atoms with Crippen LogP contribution < -0.4 is 10.2 Å². The third-order valence-electron chi connectivity index (χ3n) is 5.17. The second kappa shape index (κ2) is 7.58. The molecule has 1 aromatic carbocycles. The molecule has 1 N–H and O–H groups in total. The molecule has 0 bridgehead atoms. The Balaban J connectivity index is 1.61. The maximum atomic E-state index is 12.3. The quantitative estimate of drug-likeness (QED) is 0.748. The number of amides is 1. The highest BCUT2D eigenvalue weighted by atomic mass is 16.5. The molecule has 0 unspecified atom stereocenters. The predicted molar refractivity (Wildman–Crippen MR) is 108 cm³/mol. The van der Waals surface area contributed by atoms with Gasteiger partial charge in [0, 0.05) is 30.6 Å². The van der Waals surface area contributed by atoms with Gasteiger partial charge in [0.1, 0.15) is 23.2 Å². The predicted octanol–water partition coefficient (Wildman–Crippen LogP) is 3.33. The lowest BCUT2D eigenvalue weighted by Crippen LogP contribution is -2.42. The van der Waals surface area contributed by atoms with Crippen LogP contribution in [0.5, 0.6) is 0 Å². The average Bonchev–Trinajstić information content (AvgIpc) is 3.12. The number of aryl methyl sites for hydroxylation is 1. The number of carbonyl (C=O) groups is 1. The Hall–Kier alpha value is -2.96. The molecule has 7 heteroatoms. The number of piperidine rings is 1. The largest absolute Gasteiger partial charge is 0.356 e. The molecule has 3 heterocycles. The lowest BCUT2D eigenvalue weighted by Gasteiger charge is -2.32. The van der Waals surface area contributed by atoms with Crippen molar-refractivity contribution in [2.45, 2.75) is 39.7 Å². The SMILES string of the molecule is Cc1ccc(-c2noc3ncnc(N4CCC(C(=O)NC(C)C)CC4)c23)cc1. The van der Waals surface area contributed by atoms with E-state index in [1.54, 1.807) is 0 Å². The van der Waals surface area contributed by atoms with Crippen LogP contribution >= 0.6 is 0 Å². The summed E-state index contributed by atoms with van der Waals surface area (Å²) in [4.78, 5) is 23.3. The zero-order valence-electron chi connectivity index (χ0n) is 16.5. The maximum absolute atomic E-state index is 12.3. The van der Waals surface area contributed by atoms with Crippen molar-refractivity contribution in [1.82, 2.24) is 20.4 Å². The molecule has 3 aromatic rings. The van der Waals surface area contributed by atoms with E-state index < -0.39 is 0 Å². The number of rotatable bonds is 4. The first-order valence-corrected chi connectivity index (χ1v) is 9.75. The van der Waals surface area contributed by atoms with E-state index in [-0.39, 0.29) is 17.9 Å². The third kappa shape index (κ3) is 3.56. The summed E-state index contributed by atoms with van der Waals surface area (Å²) in [6, 6.07) is 8.34. The van der Waals surface area contributed by atoms with Gasteiger partial charge in [-0.1, -0.05) is 35.0 Å². The standard InChI is InChI=1S/C21H25N5O2/c1-13(2)24-20(27)16-8-10-26(11-9-16)19-17-18(15-6-4-14(3)5-7-15)25-28-21(17)23-12-22-19/h4-7,12-13,16H,8-11H2,1-3H3,(H,24,27). The molecule has 1 amide bonds. The molecule has 4 rings (SSSR count). The van der Waals surface area contributed by atoms with Crippen molar-refractivity contribution in [3.05, 3.63) is 36.2 Å². The number of fused-ring (bicyclic) bond motifs is 1. The number of carbonyl (C=O) groups excluding carboxylic acids is 1. The Kier molecular flexibility index (Phi) is 4.98. The van der Waals surface area contributed by atoms with Crippen molar-refractivity contribution < 1.29 is 9.32 Å². The second-order valence-corrected chi connectivity index (χ2v) is 7.70. The van der Waals surface area contributed by atoms with E-state index in [2.05, 4.69) is 44.4 Å². The minimum Gasteiger partial charge on any atom is -0.356 e. The molecule has 7 nitrogen and oxygen atoms in total. The molecule has 28 heavy (non-hydrogen) atoms. The van der Waals surface area contributed by atoms with Crippen molar-refractivity contribution in [3.8, 4) is 11.3 Å². The Bertz CT molecular complexity index is 972. The Morgan fingerprint density at radius 1 is 1.18 bits per heavy atom. The van der Waals surface area contributed by atoms with Crippen LogP contribution in [0.2, 0.25) is 0 Å². The van der Waals surface area contributed by atoms with Crippen LogP contribution in [-0.4, -0.2) is 40.2 Å². The molecule has 0 radical (unpaired) electrons. The lowest BCUT2D eigenvalue weighted by atomic mass is 9.95. The van der Waals surface area contributed by atoms with E-state index in [4.69, 9.17) is 4.52 Å². The second-order valence-electron chi connectivity index (χ2n) is 7.70. The number of anilines is 1. The number of nitrogens with one attached hydrogen (secondary N) is 1. The molecule has 1 fully saturated rings. The van der Waals surface area contributed by atoms with Crippen LogP contribution in [-0.2, 0) is 4.79 Å². The van der Waals surface area contributed by atoms with Gasteiger partial charge in [0.05, 0.1) is 0 Å². The van der Waals surface area contributed by atoms with Gasteiger partial charge < -0.3 is 14.7 Å². The highest BCUT2D eigenvalue weighted by molar-refractivity contribution is 5.98. The molecule has 0 spiro atoms. The van der Waals surface area contributed by atoms with E-state index in [0.29, 0.717) is 5.71 Å². The fourth-order valence-electron chi connectivity index (χ4n) is 3.68. The molecule has 1 aliphatic heterocycles. The van der Waals surface area contributed by atoms with Crippen LogP contribution in [0.1, 0.15) is 32.3 Å². The molecule has 146 valence electrons. The summed E-state index contributed by atoms with van der Waals surface area (Å²) in [6.45, 7) is 7.56. The van der Waals surface area contributed by atoms with Crippen LogP contribution in [0.25, 0.3) is 22.4 Å². The van der Waals surface area contributed by atoms with Gasteiger partial charge in [0.25, 0.3) is 5.71 Å². The van der Waals surface area contributed by atoms with Crippen molar-refractivity contribution in [2.75, 3.05) is 18.0 Å². The van der Waals surface area contributed by atoms with Crippen LogP contribution in [0, 0.1) is 12.8 Å². The van der Waals surface area contributed by atoms with Gasteiger partial charge in [0.2, 0.25) is 5.91 Å². The minimum atomic E-state index is 0.0509. The normalized spacial score (nSPS) is 15.4. The summed E-state index contributed by atoms with van der Waals surface area (Å²) in [7, 11) is 0. The smallest absolute Gasteiger partial charge is 0.263 e. The van der Waals surface area contributed by atoms with Gasteiger partial charge in [-0.3, -0.25) is 4.79 Å².